The number of rotatable bonds is 4. The summed E-state index contributed by atoms with van der Waals surface area (Å²) in [7, 11) is 0. The smallest absolute Gasteiger partial charge is 0.339 e. The van der Waals surface area contributed by atoms with Crippen LogP contribution in [0.3, 0.4) is 0 Å². The van der Waals surface area contributed by atoms with Gasteiger partial charge in [0.15, 0.2) is 6.10 Å². The molecule has 0 aliphatic heterocycles. The van der Waals surface area contributed by atoms with Crippen LogP contribution in [0.4, 0.5) is 5.69 Å². The summed E-state index contributed by atoms with van der Waals surface area (Å²) in [4.78, 5) is 27.5. The highest BCUT2D eigenvalue weighted by atomic mass is 35.5. The first-order valence-electron chi connectivity index (χ1n) is 6.23. The lowest BCUT2D eigenvalue weighted by Crippen LogP contribution is -2.29. The Bertz CT molecular complexity index is 629. The van der Waals surface area contributed by atoms with Crippen molar-refractivity contribution < 1.29 is 14.3 Å². The summed E-state index contributed by atoms with van der Waals surface area (Å²) in [6.45, 7) is 1.50. The molecule has 5 nitrogen and oxygen atoms in total. The molecule has 0 aliphatic carbocycles. The number of pyridine rings is 1. The molecule has 6 heteroatoms. The molecule has 2 rings (SSSR count). The molecule has 0 saturated carbocycles. The van der Waals surface area contributed by atoms with Gasteiger partial charge in [-0.1, -0.05) is 11.6 Å². The Kier molecular flexibility index (Phi) is 4.90. The predicted octanol–water partition coefficient (Wildman–Crippen LogP) is 2.92. The van der Waals surface area contributed by atoms with E-state index < -0.39 is 18.0 Å². The Labute approximate surface area is 126 Å². The molecule has 1 N–H and O–H groups in total. The third kappa shape index (κ3) is 4.29. The Morgan fingerprint density at radius 3 is 2.38 bits per heavy atom. The van der Waals surface area contributed by atoms with Gasteiger partial charge in [0.2, 0.25) is 0 Å². The minimum absolute atomic E-state index is 0.344. The van der Waals surface area contributed by atoms with Gasteiger partial charge in [0.25, 0.3) is 5.91 Å². The Balaban J connectivity index is 1.93. The Morgan fingerprint density at radius 2 is 1.76 bits per heavy atom. The number of esters is 1. The Morgan fingerprint density at radius 1 is 1.14 bits per heavy atom. The van der Waals surface area contributed by atoms with E-state index in [1.54, 1.807) is 24.3 Å². The molecule has 0 radical (unpaired) electrons. The third-order valence-corrected chi connectivity index (χ3v) is 2.93. The van der Waals surface area contributed by atoms with Crippen molar-refractivity contribution in [3.05, 3.63) is 59.4 Å². The van der Waals surface area contributed by atoms with Crippen LogP contribution in [0.1, 0.15) is 17.3 Å². The summed E-state index contributed by atoms with van der Waals surface area (Å²) in [6.07, 6.45) is 2.05. The number of nitrogens with zero attached hydrogens (tertiary/aromatic N) is 1. The number of nitrogens with one attached hydrogen (secondary N) is 1. The normalized spacial score (nSPS) is 11.5. The molecule has 1 aromatic carbocycles. The first kappa shape index (κ1) is 15.0. The molecule has 1 heterocycles. The summed E-state index contributed by atoms with van der Waals surface area (Å²) in [5, 5.41) is 3.21. The zero-order chi connectivity index (χ0) is 15.2. The molecule has 0 fully saturated rings. The standard InChI is InChI=1S/C15H13ClN2O3/c1-10(21-15(20)11-6-8-17-9-7-11)14(19)18-13-4-2-12(16)3-5-13/h2-10H,1H3,(H,18,19)/t10-/m0/s1. The van der Waals surface area contributed by atoms with Crippen molar-refractivity contribution in [3.8, 4) is 0 Å². The highest BCUT2D eigenvalue weighted by molar-refractivity contribution is 6.30. The van der Waals surface area contributed by atoms with Gasteiger partial charge in [0.1, 0.15) is 0 Å². The largest absolute Gasteiger partial charge is 0.449 e. The number of ether oxygens (including phenoxy) is 1. The van der Waals surface area contributed by atoms with E-state index in [2.05, 4.69) is 10.3 Å². The van der Waals surface area contributed by atoms with Crippen molar-refractivity contribution in [2.45, 2.75) is 13.0 Å². The van der Waals surface area contributed by atoms with Crippen LogP contribution in [0.25, 0.3) is 0 Å². The summed E-state index contributed by atoms with van der Waals surface area (Å²) in [5.74, 6) is -0.990. The highest BCUT2D eigenvalue weighted by Crippen LogP contribution is 2.14. The molecule has 0 spiro atoms. The minimum atomic E-state index is -0.915. The number of hydrogen-bond acceptors (Lipinski definition) is 4. The number of aromatic nitrogens is 1. The van der Waals surface area contributed by atoms with Crippen LogP contribution in [0.15, 0.2) is 48.8 Å². The fraction of sp³-hybridized carbons (Fsp3) is 0.133. The van der Waals surface area contributed by atoms with Crippen molar-refractivity contribution >= 4 is 29.2 Å². The van der Waals surface area contributed by atoms with E-state index in [0.29, 0.717) is 16.3 Å². The SMILES string of the molecule is C[C@H](OC(=O)c1ccncc1)C(=O)Nc1ccc(Cl)cc1. The van der Waals surface area contributed by atoms with Crippen LogP contribution in [0, 0.1) is 0 Å². The van der Waals surface area contributed by atoms with E-state index in [1.807, 2.05) is 0 Å². The zero-order valence-electron chi connectivity index (χ0n) is 11.2. The molecular weight excluding hydrogens is 292 g/mol. The van der Waals surface area contributed by atoms with Gasteiger partial charge in [-0.15, -0.1) is 0 Å². The van der Waals surface area contributed by atoms with E-state index in [1.165, 1.54) is 31.5 Å². The molecule has 0 bridgehead atoms. The first-order chi connectivity index (χ1) is 10.1. The van der Waals surface area contributed by atoms with Crippen molar-refractivity contribution in [2.75, 3.05) is 5.32 Å². The number of carbonyl (C=O) groups is 2. The molecule has 1 atom stereocenters. The van der Waals surface area contributed by atoms with Gasteiger partial charge in [0.05, 0.1) is 5.56 Å². The van der Waals surface area contributed by atoms with Crippen LogP contribution in [0.2, 0.25) is 5.02 Å². The van der Waals surface area contributed by atoms with Crippen LogP contribution >= 0.6 is 11.6 Å². The number of amides is 1. The molecule has 0 saturated heterocycles. The molecule has 1 amide bonds. The maximum absolute atomic E-state index is 11.9. The average molecular weight is 305 g/mol. The summed E-state index contributed by atoms with van der Waals surface area (Å²) >= 11 is 5.76. The molecule has 2 aromatic rings. The van der Waals surface area contributed by atoms with Crippen LogP contribution in [0.5, 0.6) is 0 Å². The quantitative estimate of drug-likeness (QED) is 0.882. The number of benzene rings is 1. The number of halogens is 1. The number of hydrogen-bond donors (Lipinski definition) is 1. The van der Waals surface area contributed by atoms with Crippen molar-refractivity contribution in [1.82, 2.24) is 4.98 Å². The lowest BCUT2D eigenvalue weighted by atomic mass is 10.2. The predicted molar refractivity (Wildman–Crippen MR) is 79.2 cm³/mol. The summed E-state index contributed by atoms with van der Waals surface area (Å²) in [5.41, 5.74) is 0.923. The van der Waals surface area contributed by atoms with E-state index in [4.69, 9.17) is 16.3 Å². The van der Waals surface area contributed by atoms with Crippen molar-refractivity contribution in [3.63, 3.8) is 0 Å². The second kappa shape index (κ2) is 6.85. The average Bonchev–Trinajstić information content (AvgIpc) is 2.50. The maximum Gasteiger partial charge on any atom is 0.339 e. The topological polar surface area (TPSA) is 68.3 Å². The summed E-state index contributed by atoms with van der Waals surface area (Å²) in [6, 6.07) is 9.68. The van der Waals surface area contributed by atoms with Gasteiger partial charge in [-0.2, -0.15) is 0 Å². The fourth-order valence-corrected chi connectivity index (χ4v) is 1.67. The number of carbonyl (C=O) groups excluding carboxylic acids is 2. The van der Waals surface area contributed by atoms with Crippen LogP contribution < -0.4 is 5.32 Å². The van der Waals surface area contributed by atoms with Gasteiger partial charge >= 0.3 is 5.97 Å². The summed E-state index contributed by atoms with van der Waals surface area (Å²) < 4.78 is 5.09. The lowest BCUT2D eigenvalue weighted by Gasteiger charge is -2.13. The Hall–Kier alpha value is -2.40. The van der Waals surface area contributed by atoms with Gasteiger partial charge in [-0.05, 0) is 43.3 Å². The first-order valence-corrected chi connectivity index (χ1v) is 6.61. The van der Waals surface area contributed by atoms with Gasteiger partial charge < -0.3 is 10.1 Å². The minimum Gasteiger partial charge on any atom is -0.449 e. The molecule has 108 valence electrons. The van der Waals surface area contributed by atoms with Crippen molar-refractivity contribution in [2.24, 2.45) is 0 Å². The third-order valence-electron chi connectivity index (χ3n) is 2.68. The van der Waals surface area contributed by atoms with E-state index in [0.717, 1.165) is 0 Å². The lowest BCUT2D eigenvalue weighted by molar-refractivity contribution is -0.123. The van der Waals surface area contributed by atoms with Crippen molar-refractivity contribution in [1.29, 1.82) is 0 Å². The highest BCUT2D eigenvalue weighted by Gasteiger charge is 2.18. The molecule has 0 aliphatic rings. The van der Waals surface area contributed by atoms with E-state index in [9.17, 15) is 9.59 Å². The van der Waals surface area contributed by atoms with Gasteiger partial charge in [-0.25, -0.2) is 4.79 Å². The van der Waals surface area contributed by atoms with Crippen LogP contribution in [-0.2, 0) is 9.53 Å². The number of anilines is 1. The van der Waals surface area contributed by atoms with Gasteiger partial charge in [0, 0.05) is 23.1 Å². The second-order valence-electron chi connectivity index (χ2n) is 4.28. The van der Waals surface area contributed by atoms with Gasteiger partial charge in [-0.3, -0.25) is 9.78 Å². The zero-order valence-corrected chi connectivity index (χ0v) is 12.0. The molecule has 21 heavy (non-hydrogen) atoms. The van der Waals surface area contributed by atoms with E-state index >= 15 is 0 Å². The molecule has 1 aromatic heterocycles. The maximum atomic E-state index is 11.9. The molecular formula is C15H13ClN2O3. The van der Waals surface area contributed by atoms with Crippen LogP contribution in [-0.4, -0.2) is 23.0 Å². The monoisotopic (exact) mass is 304 g/mol. The molecule has 0 unspecified atom stereocenters. The van der Waals surface area contributed by atoms with E-state index in [-0.39, 0.29) is 0 Å². The fourth-order valence-electron chi connectivity index (χ4n) is 1.55. The second-order valence-corrected chi connectivity index (χ2v) is 4.72.